The zero-order valence-corrected chi connectivity index (χ0v) is 12.5. The van der Waals surface area contributed by atoms with E-state index in [0.29, 0.717) is 18.0 Å². The van der Waals surface area contributed by atoms with Crippen molar-refractivity contribution in [3.8, 4) is 0 Å². The van der Waals surface area contributed by atoms with Gasteiger partial charge in [-0.25, -0.2) is 9.97 Å². The van der Waals surface area contributed by atoms with Crippen LogP contribution in [0.3, 0.4) is 0 Å². The van der Waals surface area contributed by atoms with Gasteiger partial charge in [-0.3, -0.25) is 0 Å². The van der Waals surface area contributed by atoms with Crippen molar-refractivity contribution in [3.05, 3.63) is 18.6 Å². The van der Waals surface area contributed by atoms with Gasteiger partial charge in [-0.05, 0) is 19.9 Å². The minimum Gasteiger partial charge on any atom is -0.383 e. The largest absolute Gasteiger partial charge is 0.383 e. The fraction of sp³-hybridized carbons (Fsp3) is 0.571. The summed E-state index contributed by atoms with van der Waals surface area (Å²) in [5.74, 6) is -0.209. The first-order valence-corrected chi connectivity index (χ1v) is 7.28. The summed E-state index contributed by atoms with van der Waals surface area (Å²) in [6.45, 7) is 4.15. The van der Waals surface area contributed by atoms with Crippen molar-refractivity contribution in [1.29, 1.82) is 0 Å². The first-order valence-electron chi connectivity index (χ1n) is 7.28. The molecule has 0 radical (unpaired) electrons. The van der Waals surface area contributed by atoms with Gasteiger partial charge in [-0.15, -0.1) is 0 Å². The molecule has 4 heterocycles. The quantitative estimate of drug-likeness (QED) is 0.825. The maximum Gasteiger partial charge on any atom is 0.164 e. The second-order valence-corrected chi connectivity index (χ2v) is 6.08. The van der Waals surface area contributed by atoms with Crippen molar-refractivity contribution in [1.82, 2.24) is 14.5 Å². The van der Waals surface area contributed by atoms with E-state index < -0.39 is 5.79 Å². The molecule has 8 nitrogen and oxygen atoms in total. The van der Waals surface area contributed by atoms with Crippen molar-refractivity contribution in [2.24, 2.45) is 5.73 Å². The summed E-state index contributed by atoms with van der Waals surface area (Å²) in [6.07, 6.45) is 2.32. The van der Waals surface area contributed by atoms with Crippen LogP contribution < -0.4 is 11.5 Å². The molecular weight excluding hydrogens is 286 g/mol. The van der Waals surface area contributed by atoms with Crippen molar-refractivity contribution >= 4 is 16.9 Å². The molecule has 0 amide bonds. The molecule has 8 heteroatoms. The third kappa shape index (κ3) is 1.92. The van der Waals surface area contributed by atoms with E-state index in [4.69, 9.17) is 25.7 Å². The molecule has 2 aliphatic rings. The van der Waals surface area contributed by atoms with Crippen LogP contribution in [-0.4, -0.2) is 45.2 Å². The van der Waals surface area contributed by atoms with Gasteiger partial charge >= 0.3 is 0 Å². The van der Waals surface area contributed by atoms with Crippen LogP contribution in [0.4, 0.5) is 5.82 Å². The number of fused-ring (bicyclic) bond motifs is 2. The monoisotopic (exact) mass is 305 g/mol. The molecule has 2 aliphatic heterocycles. The van der Waals surface area contributed by atoms with Gasteiger partial charge in [0.2, 0.25) is 0 Å². The van der Waals surface area contributed by atoms with E-state index >= 15 is 0 Å². The lowest BCUT2D eigenvalue weighted by Crippen LogP contribution is -2.34. The molecular formula is C14H19N5O3. The first-order chi connectivity index (χ1) is 10.5. The Balaban J connectivity index is 1.77. The molecule has 0 aromatic carbocycles. The van der Waals surface area contributed by atoms with Crippen LogP contribution >= 0.6 is 0 Å². The second-order valence-electron chi connectivity index (χ2n) is 6.08. The lowest BCUT2D eigenvalue weighted by Gasteiger charge is -2.24. The summed E-state index contributed by atoms with van der Waals surface area (Å²) in [5.41, 5.74) is 12.4. The molecule has 2 aromatic rings. The second kappa shape index (κ2) is 4.63. The van der Waals surface area contributed by atoms with Gasteiger partial charge in [0.25, 0.3) is 0 Å². The maximum atomic E-state index is 6.05. The molecule has 4 unspecified atom stereocenters. The molecule has 2 fully saturated rings. The SMILES string of the molecule is CC1(C)OC2C(CN)OC(n3ccc4c(N)ncnc43)C2O1. The third-order valence-electron chi connectivity index (χ3n) is 4.17. The average molecular weight is 305 g/mol. The highest BCUT2D eigenvalue weighted by molar-refractivity contribution is 5.86. The van der Waals surface area contributed by atoms with Crippen LogP contribution in [-0.2, 0) is 14.2 Å². The summed E-state index contributed by atoms with van der Waals surface area (Å²) < 4.78 is 19.9. The van der Waals surface area contributed by atoms with Gasteiger partial charge in [0.1, 0.15) is 36.1 Å². The Morgan fingerprint density at radius 1 is 1.27 bits per heavy atom. The van der Waals surface area contributed by atoms with Gasteiger partial charge in [-0.2, -0.15) is 0 Å². The number of nitrogens with two attached hydrogens (primary N) is 2. The van der Waals surface area contributed by atoms with E-state index in [9.17, 15) is 0 Å². The number of rotatable bonds is 2. The third-order valence-corrected chi connectivity index (χ3v) is 4.17. The summed E-state index contributed by atoms with van der Waals surface area (Å²) in [7, 11) is 0. The maximum absolute atomic E-state index is 6.05. The van der Waals surface area contributed by atoms with Crippen LogP contribution in [0, 0.1) is 0 Å². The molecule has 4 rings (SSSR count). The summed E-state index contributed by atoms with van der Waals surface area (Å²) >= 11 is 0. The Hall–Kier alpha value is -1.74. The molecule has 2 aromatic heterocycles. The predicted octanol–water partition coefficient (Wildman–Crippen LogP) is 0.390. The number of nitrogens with zero attached hydrogens (tertiary/aromatic N) is 3. The van der Waals surface area contributed by atoms with E-state index in [1.165, 1.54) is 6.33 Å². The van der Waals surface area contributed by atoms with E-state index in [-0.39, 0.29) is 24.5 Å². The Kier molecular flexibility index (Phi) is 2.92. The first kappa shape index (κ1) is 13.9. The Labute approximate surface area is 127 Å². The van der Waals surface area contributed by atoms with E-state index in [0.717, 1.165) is 5.39 Å². The Bertz CT molecular complexity index is 716. The van der Waals surface area contributed by atoms with Crippen LogP contribution in [0.1, 0.15) is 20.1 Å². The van der Waals surface area contributed by atoms with Crippen LogP contribution in [0.5, 0.6) is 0 Å². The molecule has 4 N–H and O–H groups in total. The highest BCUT2D eigenvalue weighted by Gasteiger charge is 2.55. The summed E-state index contributed by atoms with van der Waals surface area (Å²) in [5, 5.41) is 0.789. The zero-order valence-electron chi connectivity index (χ0n) is 12.5. The van der Waals surface area contributed by atoms with Gasteiger partial charge in [0.15, 0.2) is 12.0 Å². The van der Waals surface area contributed by atoms with Gasteiger partial charge in [-0.1, -0.05) is 0 Å². The van der Waals surface area contributed by atoms with Crippen molar-refractivity contribution < 1.29 is 14.2 Å². The molecule has 118 valence electrons. The summed E-state index contributed by atoms with van der Waals surface area (Å²) in [6, 6.07) is 1.87. The topological polar surface area (TPSA) is 110 Å². The number of anilines is 1. The minimum atomic E-state index is -0.651. The van der Waals surface area contributed by atoms with Crippen molar-refractivity contribution in [2.75, 3.05) is 12.3 Å². The Morgan fingerprint density at radius 2 is 2.05 bits per heavy atom. The zero-order chi connectivity index (χ0) is 15.5. The smallest absolute Gasteiger partial charge is 0.164 e. The van der Waals surface area contributed by atoms with Crippen molar-refractivity contribution in [2.45, 2.75) is 44.2 Å². The molecule has 0 bridgehead atoms. The normalized spacial score (nSPS) is 33.4. The van der Waals surface area contributed by atoms with E-state index in [1.54, 1.807) is 0 Å². The van der Waals surface area contributed by atoms with Crippen molar-refractivity contribution in [3.63, 3.8) is 0 Å². The molecule has 2 saturated heterocycles. The highest BCUT2D eigenvalue weighted by Crippen LogP contribution is 2.43. The lowest BCUT2D eigenvalue weighted by atomic mass is 10.1. The number of ether oxygens (including phenoxy) is 3. The average Bonchev–Trinajstić information content (AvgIpc) is 3.10. The summed E-state index contributed by atoms with van der Waals surface area (Å²) in [4.78, 5) is 8.32. The van der Waals surface area contributed by atoms with E-state index in [1.807, 2.05) is 30.7 Å². The fourth-order valence-electron chi connectivity index (χ4n) is 3.27. The van der Waals surface area contributed by atoms with Gasteiger partial charge in [0, 0.05) is 12.7 Å². The fourth-order valence-corrected chi connectivity index (χ4v) is 3.27. The molecule has 0 spiro atoms. The molecule has 0 aliphatic carbocycles. The van der Waals surface area contributed by atoms with Crippen LogP contribution in [0.25, 0.3) is 11.0 Å². The standard InChI is InChI=1S/C14H19N5O3/c1-14(2)21-9-8(5-15)20-13(10(9)22-14)19-4-3-7-11(16)17-6-18-12(7)19/h3-4,6,8-10,13H,5,15H2,1-2H3,(H2,16,17,18). The number of aromatic nitrogens is 3. The Morgan fingerprint density at radius 3 is 2.82 bits per heavy atom. The van der Waals surface area contributed by atoms with Gasteiger partial charge in [0.05, 0.1) is 5.39 Å². The number of hydrogen-bond donors (Lipinski definition) is 2. The predicted molar refractivity (Wildman–Crippen MR) is 78.7 cm³/mol. The highest BCUT2D eigenvalue weighted by atomic mass is 16.8. The molecule has 0 saturated carbocycles. The number of nitrogen functional groups attached to an aromatic ring is 1. The van der Waals surface area contributed by atoms with Crippen LogP contribution in [0.15, 0.2) is 18.6 Å². The molecule has 22 heavy (non-hydrogen) atoms. The molecule has 4 atom stereocenters. The van der Waals surface area contributed by atoms with E-state index in [2.05, 4.69) is 9.97 Å². The van der Waals surface area contributed by atoms with Gasteiger partial charge < -0.3 is 30.2 Å². The minimum absolute atomic E-state index is 0.193. The lowest BCUT2D eigenvalue weighted by molar-refractivity contribution is -0.195. The van der Waals surface area contributed by atoms with Crippen LogP contribution in [0.2, 0.25) is 0 Å². The number of hydrogen-bond acceptors (Lipinski definition) is 7.